The number of carbonyl (C=O) groups excluding carboxylic acids is 3. The molecule has 0 spiro atoms. The van der Waals surface area contributed by atoms with E-state index in [1.165, 1.54) is 9.80 Å². The molecule has 0 aromatic heterocycles. The Morgan fingerprint density at radius 1 is 1.29 bits per heavy atom. The molecule has 0 atom stereocenters. The second kappa shape index (κ2) is 6.22. The first-order valence-corrected chi connectivity index (χ1v) is 5.76. The molecule has 0 aromatic carbocycles. The highest BCUT2D eigenvalue weighted by atomic mass is 16.5. The smallest absolute Gasteiger partial charge is 0.325 e. The molecule has 1 heterocycles. The topological polar surface area (TPSA) is 66.9 Å². The summed E-state index contributed by atoms with van der Waals surface area (Å²) >= 11 is 0. The van der Waals surface area contributed by atoms with E-state index >= 15 is 0 Å². The van der Waals surface area contributed by atoms with Gasteiger partial charge in [0, 0.05) is 20.1 Å². The van der Waals surface area contributed by atoms with Crippen LogP contribution in [0.25, 0.3) is 0 Å². The van der Waals surface area contributed by atoms with E-state index in [1.54, 1.807) is 7.05 Å². The van der Waals surface area contributed by atoms with Gasteiger partial charge in [-0.15, -0.1) is 0 Å². The van der Waals surface area contributed by atoms with Crippen LogP contribution in [0, 0.1) is 0 Å². The number of esters is 1. The Labute approximate surface area is 101 Å². The fraction of sp³-hybridized carbons (Fsp3) is 0.727. The molecule has 0 N–H and O–H groups in total. The van der Waals surface area contributed by atoms with Crippen molar-refractivity contribution < 1.29 is 19.1 Å². The second-order valence-corrected chi connectivity index (χ2v) is 4.03. The highest BCUT2D eigenvalue weighted by Gasteiger charge is 2.31. The maximum Gasteiger partial charge on any atom is 0.325 e. The molecule has 0 aliphatic carbocycles. The summed E-state index contributed by atoms with van der Waals surface area (Å²) in [4.78, 5) is 36.8. The minimum atomic E-state index is -0.633. The summed E-state index contributed by atoms with van der Waals surface area (Å²) < 4.78 is 4.94. The predicted octanol–water partition coefficient (Wildman–Crippen LogP) is -0.370. The van der Waals surface area contributed by atoms with E-state index in [1.807, 2.05) is 6.92 Å². The van der Waals surface area contributed by atoms with E-state index in [9.17, 15) is 14.4 Å². The van der Waals surface area contributed by atoms with E-state index in [4.69, 9.17) is 4.74 Å². The molecule has 1 aliphatic heterocycles. The number of nitrogens with zero attached hydrogens (tertiary/aromatic N) is 2. The average Bonchev–Trinajstić information content (AvgIpc) is 2.30. The lowest BCUT2D eigenvalue weighted by Crippen LogP contribution is -2.54. The van der Waals surface area contributed by atoms with Crippen LogP contribution < -0.4 is 0 Å². The van der Waals surface area contributed by atoms with Gasteiger partial charge in [-0.25, -0.2) is 0 Å². The Hall–Kier alpha value is -1.59. The van der Waals surface area contributed by atoms with Crippen LogP contribution in [0.3, 0.4) is 0 Å². The molecule has 96 valence electrons. The van der Waals surface area contributed by atoms with Crippen molar-refractivity contribution in [1.29, 1.82) is 0 Å². The van der Waals surface area contributed by atoms with Crippen LogP contribution in [0.15, 0.2) is 0 Å². The number of hydrogen-bond donors (Lipinski definition) is 0. The lowest BCUT2D eigenvalue weighted by Gasteiger charge is -2.30. The van der Waals surface area contributed by atoms with Crippen LogP contribution in [0.1, 0.15) is 19.8 Å². The highest BCUT2D eigenvalue weighted by molar-refractivity contribution is 6.35. The van der Waals surface area contributed by atoms with Gasteiger partial charge in [0.2, 0.25) is 0 Å². The molecular formula is C11H18N2O4. The van der Waals surface area contributed by atoms with Crippen LogP contribution in [-0.4, -0.2) is 60.9 Å². The Bertz CT molecular complexity index is 317. The number of ether oxygens (including phenoxy) is 1. The van der Waals surface area contributed by atoms with Gasteiger partial charge in [0.05, 0.1) is 6.61 Å². The first kappa shape index (κ1) is 13.5. The monoisotopic (exact) mass is 242 g/mol. The molecule has 6 nitrogen and oxygen atoms in total. The number of hydrogen-bond acceptors (Lipinski definition) is 4. The Morgan fingerprint density at radius 3 is 2.65 bits per heavy atom. The second-order valence-electron chi connectivity index (χ2n) is 4.03. The normalized spacial score (nSPS) is 16.4. The number of unbranched alkanes of at least 4 members (excludes halogenated alkanes) is 1. The molecule has 1 aliphatic rings. The van der Waals surface area contributed by atoms with E-state index in [0.717, 1.165) is 12.8 Å². The third kappa shape index (κ3) is 3.72. The predicted molar refractivity (Wildman–Crippen MR) is 60.1 cm³/mol. The fourth-order valence-corrected chi connectivity index (χ4v) is 1.46. The quantitative estimate of drug-likeness (QED) is 0.375. The van der Waals surface area contributed by atoms with Crippen molar-refractivity contribution in [2.45, 2.75) is 19.8 Å². The SMILES string of the molecule is CCCCOC(=O)CN1CCN(C)C(=O)C1=O. The highest BCUT2D eigenvalue weighted by Crippen LogP contribution is 2.03. The van der Waals surface area contributed by atoms with Crippen LogP contribution in [0.5, 0.6) is 0 Å². The molecule has 2 amide bonds. The van der Waals surface area contributed by atoms with Crippen molar-refractivity contribution in [2.24, 2.45) is 0 Å². The lowest BCUT2D eigenvalue weighted by atomic mass is 10.3. The molecule has 0 unspecified atom stereocenters. The van der Waals surface area contributed by atoms with Gasteiger partial charge in [-0.2, -0.15) is 0 Å². The van der Waals surface area contributed by atoms with E-state index < -0.39 is 17.8 Å². The van der Waals surface area contributed by atoms with Gasteiger partial charge in [0.25, 0.3) is 0 Å². The van der Waals surface area contributed by atoms with Gasteiger partial charge < -0.3 is 14.5 Å². The zero-order valence-electron chi connectivity index (χ0n) is 10.3. The van der Waals surface area contributed by atoms with Crippen LogP contribution >= 0.6 is 0 Å². The zero-order valence-corrected chi connectivity index (χ0v) is 10.3. The number of amides is 2. The summed E-state index contributed by atoms with van der Waals surface area (Å²) in [6.07, 6.45) is 1.75. The first-order valence-electron chi connectivity index (χ1n) is 5.76. The molecule has 1 saturated heterocycles. The largest absolute Gasteiger partial charge is 0.464 e. The number of piperazine rings is 1. The van der Waals surface area contributed by atoms with E-state index in [0.29, 0.717) is 19.7 Å². The summed E-state index contributed by atoms with van der Waals surface area (Å²) in [7, 11) is 1.57. The molecule has 0 bridgehead atoms. The van der Waals surface area contributed by atoms with Crippen molar-refractivity contribution in [3.8, 4) is 0 Å². The third-order valence-electron chi connectivity index (χ3n) is 2.60. The molecule has 0 saturated carbocycles. The van der Waals surface area contributed by atoms with Gasteiger partial charge >= 0.3 is 17.8 Å². The lowest BCUT2D eigenvalue weighted by molar-refractivity contribution is -0.159. The average molecular weight is 242 g/mol. The molecule has 1 rings (SSSR count). The summed E-state index contributed by atoms with van der Waals surface area (Å²) in [5.41, 5.74) is 0. The van der Waals surface area contributed by atoms with Crippen molar-refractivity contribution >= 4 is 17.8 Å². The van der Waals surface area contributed by atoms with Crippen molar-refractivity contribution in [3.63, 3.8) is 0 Å². The molecule has 0 radical (unpaired) electrons. The standard InChI is InChI=1S/C11H18N2O4/c1-3-4-7-17-9(14)8-13-6-5-12(2)10(15)11(13)16/h3-8H2,1-2H3. The third-order valence-corrected chi connectivity index (χ3v) is 2.60. The van der Waals surface area contributed by atoms with E-state index in [2.05, 4.69) is 0 Å². The molecule has 17 heavy (non-hydrogen) atoms. The summed E-state index contributed by atoms with van der Waals surface area (Å²) in [6, 6.07) is 0. The summed E-state index contributed by atoms with van der Waals surface area (Å²) in [6.45, 7) is 3.06. The molecule has 1 fully saturated rings. The number of rotatable bonds is 5. The van der Waals surface area contributed by atoms with Gasteiger partial charge in [0.15, 0.2) is 0 Å². The zero-order chi connectivity index (χ0) is 12.8. The Balaban J connectivity index is 2.38. The van der Waals surface area contributed by atoms with Gasteiger partial charge in [-0.05, 0) is 6.42 Å². The minimum absolute atomic E-state index is 0.137. The van der Waals surface area contributed by atoms with Gasteiger partial charge in [-0.1, -0.05) is 13.3 Å². The maximum atomic E-state index is 11.5. The van der Waals surface area contributed by atoms with Gasteiger partial charge in [0.1, 0.15) is 6.54 Å². The summed E-state index contributed by atoms with van der Waals surface area (Å²) in [5.74, 6) is -1.66. The fourth-order valence-electron chi connectivity index (χ4n) is 1.46. The molecular weight excluding hydrogens is 224 g/mol. The maximum absolute atomic E-state index is 11.5. The van der Waals surface area contributed by atoms with Crippen LogP contribution in [0.2, 0.25) is 0 Å². The van der Waals surface area contributed by atoms with Crippen molar-refractivity contribution in [1.82, 2.24) is 9.80 Å². The Morgan fingerprint density at radius 2 is 2.00 bits per heavy atom. The van der Waals surface area contributed by atoms with Gasteiger partial charge in [-0.3, -0.25) is 14.4 Å². The summed E-state index contributed by atoms with van der Waals surface area (Å²) in [5, 5.41) is 0. The molecule has 6 heteroatoms. The molecule has 0 aromatic rings. The van der Waals surface area contributed by atoms with Crippen LogP contribution in [0.4, 0.5) is 0 Å². The van der Waals surface area contributed by atoms with E-state index in [-0.39, 0.29) is 6.54 Å². The number of carbonyl (C=O) groups is 3. The van der Waals surface area contributed by atoms with Crippen molar-refractivity contribution in [2.75, 3.05) is 33.3 Å². The number of likely N-dealkylation sites (N-methyl/N-ethyl adjacent to an activating group) is 1. The minimum Gasteiger partial charge on any atom is -0.464 e. The van der Waals surface area contributed by atoms with Crippen molar-refractivity contribution in [3.05, 3.63) is 0 Å². The van der Waals surface area contributed by atoms with Crippen LogP contribution in [-0.2, 0) is 19.1 Å². The Kier molecular flexibility index (Phi) is 4.93. The first-order chi connectivity index (χ1) is 8.06.